The highest BCUT2D eigenvalue weighted by molar-refractivity contribution is 5.99. The molecule has 2 aliphatic rings. The maximum atomic E-state index is 12.9. The average Bonchev–Trinajstić information content (AvgIpc) is 2.72. The van der Waals surface area contributed by atoms with Crippen LogP contribution in [0.3, 0.4) is 0 Å². The summed E-state index contributed by atoms with van der Waals surface area (Å²) in [5.74, 6) is 1.88. The Kier molecular flexibility index (Phi) is 7.03. The number of carbonyl (C=O) groups excluding carboxylic acids is 2. The third kappa shape index (κ3) is 5.55. The van der Waals surface area contributed by atoms with Gasteiger partial charge in [0.25, 0.3) is 11.8 Å². The van der Waals surface area contributed by atoms with Gasteiger partial charge in [-0.1, -0.05) is 19.9 Å². The predicted molar refractivity (Wildman–Crippen MR) is 116 cm³/mol. The Bertz CT molecular complexity index is 848. The molecule has 0 bridgehead atoms. The van der Waals surface area contributed by atoms with Crippen molar-refractivity contribution in [3.05, 3.63) is 47.4 Å². The zero-order valence-electron chi connectivity index (χ0n) is 17.9. The van der Waals surface area contributed by atoms with Crippen LogP contribution >= 0.6 is 0 Å². The van der Waals surface area contributed by atoms with E-state index in [0.29, 0.717) is 54.2 Å². The van der Waals surface area contributed by atoms with Gasteiger partial charge in [-0.2, -0.15) is 0 Å². The molecule has 3 rings (SSSR count). The van der Waals surface area contributed by atoms with Gasteiger partial charge in [-0.05, 0) is 55.9 Å². The number of benzene rings is 1. The summed E-state index contributed by atoms with van der Waals surface area (Å²) in [4.78, 5) is 26.3. The Morgan fingerprint density at radius 1 is 1.37 bits per heavy atom. The van der Waals surface area contributed by atoms with Crippen molar-refractivity contribution in [2.75, 3.05) is 31.6 Å². The van der Waals surface area contributed by atoms with Gasteiger partial charge in [-0.25, -0.2) is 0 Å². The second-order valence-electron chi connectivity index (χ2n) is 8.24. The minimum Gasteiger partial charge on any atom is -0.492 e. The SMILES string of the molecule is C/C(N)=C(/C=C\C(C)C)OCC1CCN(C(=O)c2ccc3c(c2)NC(=O)CO3)CC1. The van der Waals surface area contributed by atoms with Crippen molar-refractivity contribution >= 4 is 17.5 Å². The quantitative estimate of drug-likeness (QED) is 0.551. The topological polar surface area (TPSA) is 93.9 Å². The lowest BCUT2D eigenvalue weighted by Gasteiger charge is -2.32. The number of hydrogen-bond donors (Lipinski definition) is 2. The van der Waals surface area contributed by atoms with E-state index >= 15 is 0 Å². The molecule has 1 saturated heterocycles. The molecular formula is C23H31N3O4. The Morgan fingerprint density at radius 3 is 2.77 bits per heavy atom. The average molecular weight is 414 g/mol. The second kappa shape index (κ2) is 9.69. The second-order valence-corrected chi connectivity index (χ2v) is 8.24. The van der Waals surface area contributed by atoms with Crippen molar-refractivity contribution < 1.29 is 19.1 Å². The summed E-state index contributed by atoms with van der Waals surface area (Å²) < 4.78 is 11.3. The highest BCUT2D eigenvalue weighted by atomic mass is 16.5. The molecule has 2 aliphatic heterocycles. The highest BCUT2D eigenvalue weighted by Crippen LogP contribution is 2.29. The van der Waals surface area contributed by atoms with E-state index in [1.807, 2.05) is 17.9 Å². The Hall–Kier alpha value is -2.96. The molecule has 162 valence electrons. The lowest BCUT2D eigenvalue weighted by molar-refractivity contribution is -0.118. The third-order valence-corrected chi connectivity index (χ3v) is 5.26. The molecule has 0 saturated carbocycles. The van der Waals surface area contributed by atoms with Gasteiger partial charge in [0.1, 0.15) is 11.5 Å². The van der Waals surface area contributed by atoms with Crippen LogP contribution in [0.1, 0.15) is 44.0 Å². The van der Waals surface area contributed by atoms with Gasteiger partial charge in [0, 0.05) is 24.4 Å². The smallest absolute Gasteiger partial charge is 0.262 e. The van der Waals surface area contributed by atoms with Gasteiger partial charge in [0.2, 0.25) is 0 Å². The number of anilines is 1. The Labute approximate surface area is 177 Å². The molecule has 0 unspecified atom stereocenters. The number of piperidine rings is 1. The van der Waals surface area contributed by atoms with E-state index in [4.69, 9.17) is 15.2 Å². The summed E-state index contributed by atoms with van der Waals surface area (Å²) in [6.07, 6.45) is 5.76. The van der Waals surface area contributed by atoms with Crippen LogP contribution in [0.4, 0.5) is 5.69 Å². The minimum absolute atomic E-state index is 0.00369. The fraction of sp³-hybridized carbons (Fsp3) is 0.478. The molecule has 0 aromatic heterocycles. The number of likely N-dealkylation sites (tertiary alicyclic amines) is 1. The Morgan fingerprint density at radius 2 is 2.10 bits per heavy atom. The number of nitrogens with two attached hydrogens (primary N) is 1. The van der Waals surface area contributed by atoms with Crippen LogP contribution in [-0.4, -0.2) is 43.0 Å². The molecular weight excluding hydrogens is 382 g/mol. The molecule has 2 amide bonds. The maximum Gasteiger partial charge on any atom is 0.262 e. The van der Waals surface area contributed by atoms with E-state index in [1.54, 1.807) is 18.2 Å². The largest absolute Gasteiger partial charge is 0.492 e. The van der Waals surface area contributed by atoms with Crippen LogP contribution in [0.5, 0.6) is 5.75 Å². The van der Waals surface area contributed by atoms with Crippen LogP contribution in [-0.2, 0) is 9.53 Å². The molecule has 1 aromatic rings. The van der Waals surface area contributed by atoms with E-state index in [1.165, 1.54) is 0 Å². The van der Waals surface area contributed by atoms with Crippen LogP contribution in [0, 0.1) is 11.8 Å². The lowest BCUT2D eigenvalue weighted by atomic mass is 9.97. The van der Waals surface area contributed by atoms with E-state index in [2.05, 4.69) is 25.2 Å². The number of allylic oxidation sites excluding steroid dienone is 3. The zero-order valence-corrected chi connectivity index (χ0v) is 17.9. The van der Waals surface area contributed by atoms with E-state index in [0.717, 1.165) is 18.6 Å². The van der Waals surface area contributed by atoms with Gasteiger partial charge in [-0.15, -0.1) is 0 Å². The fourth-order valence-corrected chi connectivity index (χ4v) is 3.48. The van der Waals surface area contributed by atoms with Crippen molar-refractivity contribution in [1.29, 1.82) is 0 Å². The van der Waals surface area contributed by atoms with Gasteiger partial charge >= 0.3 is 0 Å². The first-order valence-electron chi connectivity index (χ1n) is 10.5. The summed E-state index contributed by atoms with van der Waals surface area (Å²) in [5, 5.41) is 2.75. The predicted octanol–water partition coefficient (Wildman–Crippen LogP) is 3.29. The molecule has 0 atom stereocenters. The van der Waals surface area contributed by atoms with E-state index < -0.39 is 0 Å². The van der Waals surface area contributed by atoms with Crippen molar-refractivity contribution in [2.45, 2.75) is 33.6 Å². The van der Waals surface area contributed by atoms with E-state index in [-0.39, 0.29) is 18.4 Å². The third-order valence-electron chi connectivity index (χ3n) is 5.26. The molecule has 2 heterocycles. The lowest BCUT2D eigenvalue weighted by Crippen LogP contribution is -2.39. The maximum absolute atomic E-state index is 12.9. The summed E-state index contributed by atoms with van der Waals surface area (Å²) in [5.41, 5.74) is 7.71. The fourth-order valence-electron chi connectivity index (χ4n) is 3.48. The molecule has 1 aromatic carbocycles. The molecule has 30 heavy (non-hydrogen) atoms. The molecule has 1 fully saturated rings. The highest BCUT2D eigenvalue weighted by Gasteiger charge is 2.25. The number of carbonyl (C=O) groups is 2. The molecule has 0 radical (unpaired) electrons. The van der Waals surface area contributed by atoms with Gasteiger partial charge in [0.15, 0.2) is 6.61 Å². The van der Waals surface area contributed by atoms with Crippen molar-refractivity contribution in [3.8, 4) is 5.75 Å². The van der Waals surface area contributed by atoms with Crippen molar-refractivity contribution in [1.82, 2.24) is 4.90 Å². The Balaban J connectivity index is 1.53. The van der Waals surface area contributed by atoms with Crippen LogP contribution < -0.4 is 15.8 Å². The number of nitrogens with one attached hydrogen (secondary N) is 1. The number of nitrogens with zero attached hydrogens (tertiary/aromatic N) is 1. The minimum atomic E-state index is -0.211. The number of fused-ring (bicyclic) bond motifs is 1. The number of amides is 2. The summed E-state index contributed by atoms with van der Waals surface area (Å²) in [7, 11) is 0. The van der Waals surface area contributed by atoms with Gasteiger partial charge in [-0.3, -0.25) is 9.59 Å². The molecule has 7 nitrogen and oxygen atoms in total. The first kappa shape index (κ1) is 21.7. The molecule has 0 spiro atoms. The number of hydrogen-bond acceptors (Lipinski definition) is 5. The molecule has 3 N–H and O–H groups in total. The van der Waals surface area contributed by atoms with Crippen LogP contribution in [0.25, 0.3) is 0 Å². The van der Waals surface area contributed by atoms with Crippen LogP contribution in [0.2, 0.25) is 0 Å². The molecule has 0 aliphatic carbocycles. The van der Waals surface area contributed by atoms with Gasteiger partial charge in [0.05, 0.1) is 12.3 Å². The molecule has 7 heteroatoms. The van der Waals surface area contributed by atoms with Crippen molar-refractivity contribution in [3.63, 3.8) is 0 Å². The monoisotopic (exact) mass is 413 g/mol. The first-order chi connectivity index (χ1) is 14.3. The summed E-state index contributed by atoms with van der Waals surface area (Å²) >= 11 is 0. The normalized spacial score (nSPS) is 18.0. The van der Waals surface area contributed by atoms with Crippen LogP contribution in [0.15, 0.2) is 41.8 Å². The van der Waals surface area contributed by atoms with Crippen molar-refractivity contribution in [2.24, 2.45) is 17.6 Å². The zero-order chi connectivity index (χ0) is 21.7. The standard InChI is InChI=1S/C23H31N3O4/c1-15(2)4-6-20(16(3)24)29-13-17-8-10-26(11-9-17)23(28)18-5-7-21-19(12-18)25-22(27)14-30-21/h4-7,12,15,17H,8-11,13-14,24H2,1-3H3,(H,25,27)/b6-4-,20-16+. The number of rotatable bonds is 6. The van der Waals surface area contributed by atoms with Gasteiger partial charge < -0.3 is 25.4 Å². The summed E-state index contributed by atoms with van der Waals surface area (Å²) in [6, 6.07) is 5.17. The van der Waals surface area contributed by atoms with E-state index in [9.17, 15) is 9.59 Å². The number of ether oxygens (including phenoxy) is 2. The summed E-state index contributed by atoms with van der Waals surface area (Å²) in [6.45, 7) is 8.00. The first-order valence-corrected chi connectivity index (χ1v) is 10.5.